The number of carbonyl (C=O) groups excluding carboxylic acids is 4. The zero-order valence-electron chi connectivity index (χ0n) is 40.7. The van der Waals surface area contributed by atoms with Crippen molar-refractivity contribution in [2.75, 3.05) is 97.2 Å². The van der Waals surface area contributed by atoms with Gasteiger partial charge >= 0.3 is 33.5 Å². The lowest BCUT2D eigenvalue weighted by Crippen LogP contribution is -2.36. The minimum Gasteiger partial charge on any atom is -0.492 e. The number of anilines is 1. The molecule has 0 saturated carbocycles. The van der Waals surface area contributed by atoms with E-state index in [1.807, 2.05) is 11.8 Å². The minimum absolute atomic E-state index is 0.00463. The molecule has 0 radical (unpaired) electrons. The van der Waals surface area contributed by atoms with E-state index in [1.54, 1.807) is 24.3 Å². The van der Waals surface area contributed by atoms with Gasteiger partial charge in [0.2, 0.25) is 11.8 Å². The highest BCUT2D eigenvalue weighted by Gasteiger charge is 2.43. The number of nitrogens with two attached hydrogens (primary N) is 1. The minimum atomic E-state index is -5.07. The highest BCUT2D eigenvalue weighted by molar-refractivity contribution is 8.00. The Bertz CT molecular complexity index is 2240. The number of phosphoric acid groups is 2. The predicted molar refractivity (Wildman–Crippen MR) is 263 cm³/mol. The van der Waals surface area contributed by atoms with E-state index in [4.69, 9.17) is 53.2 Å². The van der Waals surface area contributed by atoms with Crippen LogP contribution in [0.4, 0.5) is 15.4 Å². The number of urea groups is 1. The first-order valence-electron chi connectivity index (χ1n) is 24.0. The van der Waals surface area contributed by atoms with Crippen LogP contribution in [0.5, 0.6) is 5.75 Å². The van der Waals surface area contributed by atoms with E-state index in [-0.39, 0.29) is 87.9 Å². The van der Waals surface area contributed by atoms with Crippen LogP contribution in [0.15, 0.2) is 35.3 Å². The summed E-state index contributed by atoms with van der Waals surface area (Å²) in [5, 5.41) is 14.6. The second-order valence-electron chi connectivity index (χ2n) is 17.0. The molecule has 3 aliphatic rings. The van der Waals surface area contributed by atoms with Crippen molar-refractivity contribution >= 4 is 57.2 Å². The molecule has 3 aliphatic heterocycles. The van der Waals surface area contributed by atoms with E-state index in [9.17, 15) is 42.9 Å². The number of unbranched alkanes of at least 4 members (excludes halogenated alkanes) is 1. The Hall–Kier alpha value is -4.45. The summed E-state index contributed by atoms with van der Waals surface area (Å²) in [6, 6.07) is 7.16. The number of nitrogens with zero attached hydrogens (tertiary/aromatic N) is 2. The number of benzene rings is 1. The van der Waals surface area contributed by atoms with Crippen molar-refractivity contribution < 1.29 is 90.1 Å². The van der Waals surface area contributed by atoms with Gasteiger partial charge in [-0.2, -0.15) is 16.7 Å². The number of amides is 5. The fourth-order valence-corrected chi connectivity index (χ4v) is 10.2. The number of nitrogens with one attached hydrogen (secondary N) is 5. The molecule has 31 heteroatoms. The zero-order valence-corrected chi connectivity index (χ0v) is 43.3. The van der Waals surface area contributed by atoms with Gasteiger partial charge in [-0.15, -0.1) is 0 Å². The number of fused-ring (bicyclic) bond motifs is 1. The van der Waals surface area contributed by atoms with E-state index in [1.165, 1.54) is 6.20 Å². The van der Waals surface area contributed by atoms with Crippen LogP contribution in [-0.2, 0) is 69.2 Å². The molecule has 0 aliphatic carbocycles. The quantitative estimate of drug-likeness (QED) is 0.0250. The molecular weight excluding hydrogens is 1040 g/mol. The monoisotopic (exact) mass is 1110 g/mol. The molecule has 6 atom stereocenters. The van der Waals surface area contributed by atoms with E-state index in [2.05, 4.69) is 36.1 Å². The summed E-state index contributed by atoms with van der Waals surface area (Å²) in [4.78, 5) is 101. The molecule has 0 spiro atoms. The largest absolute Gasteiger partial charge is 0.492 e. The summed E-state index contributed by atoms with van der Waals surface area (Å²) < 4.78 is 71.3. The number of aromatic nitrogens is 2. The normalized spacial score (nSPS) is 20.4. The predicted octanol–water partition coefficient (Wildman–Crippen LogP) is 0.353. The van der Waals surface area contributed by atoms with Gasteiger partial charge in [0.05, 0.1) is 78.1 Å². The molecule has 3 fully saturated rings. The Kier molecular flexibility index (Phi) is 25.8. The van der Waals surface area contributed by atoms with Crippen LogP contribution in [0.3, 0.4) is 0 Å². The third kappa shape index (κ3) is 23.2. The van der Waals surface area contributed by atoms with Gasteiger partial charge < -0.3 is 85.0 Å². The Morgan fingerprint density at radius 1 is 0.811 bits per heavy atom. The molecular formula is C43H68N8O20P2S. The van der Waals surface area contributed by atoms with Crippen molar-refractivity contribution in [3.05, 3.63) is 52.1 Å². The topological polar surface area (TPSA) is 387 Å². The summed E-state index contributed by atoms with van der Waals surface area (Å²) in [5.74, 6) is 1.20. The summed E-state index contributed by atoms with van der Waals surface area (Å²) >= 11 is 1.88. The number of nitrogen functional groups attached to an aromatic ring is 1. The van der Waals surface area contributed by atoms with Gasteiger partial charge in [0.1, 0.15) is 43.2 Å². The fourth-order valence-electron chi connectivity index (χ4n) is 7.75. The van der Waals surface area contributed by atoms with Gasteiger partial charge in [-0.25, -0.2) is 23.5 Å². The summed E-state index contributed by atoms with van der Waals surface area (Å²) in [6.07, 6.45) is 0.303. The van der Waals surface area contributed by atoms with Crippen LogP contribution >= 0.6 is 27.4 Å². The number of hydrogen-bond donors (Lipinski definition) is 10. The third-order valence-electron chi connectivity index (χ3n) is 11.3. The van der Waals surface area contributed by atoms with Crippen molar-refractivity contribution in [3.63, 3.8) is 0 Å². The first-order chi connectivity index (χ1) is 35.4. The van der Waals surface area contributed by atoms with Gasteiger partial charge in [-0.05, 0) is 43.4 Å². The number of thioether (sulfide) groups is 1. The summed E-state index contributed by atoms with van der Waals surface area (Å²) in [6.45, 7) is 3.13. The van der Waals surface area contributed by atoms with Crippen LogP contribution in [0.1, 0.15) is 62.3 Å². The van der Waals surface area contributed by atoms with Gasteiger partial charge in [0, 0.05) is 55.1 Å². The summed E-state index contributed by atoms with van der Waals surface area (Å²) in [7, 11) is -10.0. The van der Waals surface area contributed by atoms with Crippen molar-refractivity contribution in [1.82, 2.24) is 36.1 Å². The zero-order chi connectivity index (χ0) is 53.4. The smallest absolute Gasteiger partial charge is 0.469 e. The first-order valence-corrected chi connectivity index (χ1v) is 28.2. The van der Waals surface area contributed by atoms with E-state index in [0.29, 0.717) is 87.8 Å². The van der Waals surface area contributed by atoms with Crippen LogP contribution in [0.25, 0.3) is 0 Å². The van der Waals surface area contributed by atoms with Gasteiger partial charge in [0.25, 0.3) is 0 Å². The molecule has 5 amide bonds. The molecule has 0 bridgehead atoms. The Morgan fingerprint density at radius 3 is 2.16 bits per heavy atom. The lowest BCUT2D eigenvalue weighted by Gasteiger charge is -2.19. The van der Waals surface area contributed by atoms with Crippen LogP contribution in [-0.4, -0.2) is 174 Å². The van der Waals surface area contributed by atoms with Crippen molar-refractivity contribution in [2.24, 2.45) is 0 Å². The van der Waals surface area contributed by atoms with Crippen LogP contribution < -0.4 is 42.7 Å². The number of hydrogen-bond acceptors (Lipinski definition) is 19. The standard InChI is InChI=1S/C43H68N8O20P2S/c44-40-30(25-51(42(55)50-40)38-24-33(71-73(60,61)62)34(70-38)27-69-72(57,58)59)4-3-12-47-43(56)68-26-29-7-9-31(10-8-29)67-17-14-46-37(53)11-15-63-18-20-65-22-23-66-21-19-64-16-13-45-36(52)6-2-1-5-35-39-32(28-74-35)48-41(54)49-39/h7-10,25,32-35,38-39H,1-6,11-24,26-28H2,(H,45,52)(H,46,53)(H,47,56)(H2,44,50,55)(H2,48,49,54)(H2,57,58,59)(H2,60,61,62)/t32-,33+,34+,35-,38+,39-/m0/s1. The number of alkyl carbamates (subject to hydrolysis) is 1. The summed E-state index contributed by atoms with van der Waals surface area (Å²) in [5.41, 5.74) is 6.16. The lowest BCUT2D eigenvalue weighted by molar-refractivity contribution is -0.122. The second-order valence-corrected chi connectivity index (χ2v) is 20.7. The Morgan fingerprint density at radius 2 is 1.47 bits per heavy atom. The maximum Gasteiger partial charge on any atom is 0.469 e. The molecule has 2 aromatic rings. The molecule has 5 rings (SSSR count). The SMILES string of the molecule is Nc1nc(=O)n([C@H]2C[C@@H](OP(=O)(O)O)[C@@H](COP(=O)(O)O)O2)cc1CCCNC(=O)OCc1ccc(OCCNC(=O)CCOCCOCCOCCOCCNC(=O)CCCC[C@@H]2SC[C@@H]3NC(=O)N[C@@H]32)cc1. The van der Waals surface area contributed by atoms with Gasteiger partial charge in [0.15, 0.2) is 0 Å². The number of rotatable bonds is 36. The maximum atomic E-state index is 12.7. The lowest BCUT2D eigenvalue weighted by atomic mass is 10.0. The molecule has 0 unspecified atom stereocenters. The van der Waals surface area contributed by atoms with Crippen LogP contribution in [0.2, 0.25) is 0 Å². The van der Waals surface area contributed by atoms with Crippen molar-refractivity contribution in [2.45, 2.75) is 93.7 Å². The number of aryl methyl sites for hydroxylation is 1. The molecule has 1 aromatic carbocycles. The average molecular weight is 1110 g/mol. The number of ether oxygens (including phenoxy) is 7. The highest BCUT2D eigenvalue weighted by atomic mass is 32.2. The van der Waals surface area contributed by atoms with E-state index < -0.39 is 52.5 Å². The Balaban J connectivity index is 0.797. The molecule has 4 heterocycles. The van der Waals surface area contributed by atoms with Gasteiger partial charge in [-0.3, -0.25) is 23.2 Å². The highest BCUT2D eigenvalue weighted by Crippen LogP contribution is 2.45. The second kappa shape index (κ2) is 31.6. The van der Waals surface area contributed by atoms with Crippen molar-refractivity contribution in [3.8, 4) is 5.75 Å². The molecule has 11 N–H and O–H groups in total. The van der Waals surface area contributed by atoms with Crippen molar-refractivity contribution in [1.29, 1.82) is 0 Å². The first kappa shape index (κ1) is 60.4. The van der Waals surface area contributed by atoms with E-state index in [0.717, 1.165) is 29.6 Å². The Labute approximate surface area is 430 Å². The van der Waals surface area contributed by atoms with Gasteiger partial charge in [-0.1, -0.05) is 18.6 Å². The average Bonchev–Trinajstić information content (AvgIpc) is 4.04. The molecule has 3 saturated heterocycles. The molecule has 416 valence electrons. The number of phosphoric ester groups is 2. The molecule has 1 aromatic heterocycles. The fraction of sp³-hybridized carbons (Fsp3) is 0.674. The van der Waals surface area contributed by atoms with E-state index >= 15 is 0 Å². The molecule has 28 nitrogen and oxygen atoms in total. The number of carbonyl (C=O) groups is 4. The molecule has 74 heavy (non-hydrogen) atoms. The third-order valence-corrected chi connectivity index (χ3v) is 13.9. The van der Waals surface area contributed by atoms with Crippen LogP contribution in [0, 0.1) is 0 Å². The maximum absolute atomic E-state index is 12.7.